The molecule has 0 amide bonds. The zero-order valence-electron chi connectivity index (χ0n) is 9.68. The van der Waals surface area contributed by atoms with E-state index in [4.69, 9.17) is 5.11 Å². The van der Waals surface area contributed by atoms with Gasteiger partial charge in [0.15, 0.2) is 5.43 Å². The number of fused-ring (bicyclic) bond motifs is 1. The Kier molecular flexibility index (Phi) is 2.71. The molecule has 1 heterocycles. The number of nitrogens with zero attached hydrogens (tertiary/aromatic N) is 1. The summed E-state index contributed by atoms with van der Waals surface area (Å²) in [5, 5.41) is 9.58. The van der Waals surface area contributed by atoms with E-state index in [2.05, 4.69) is 0 Å². The van der Waals surface area contributed by atoms with Crippen molar-refractivity contribution in [2.45, 2.75) is 19.9 Å². The normalized spacial score (nSPS) is 12.6. The van der Waals surface area contributed by atoms with Crippen LogP contribution in [0.1, 0.15) is 18.5 Å². The third-order valence-corrected chi connectivity index (χ3v) is 2.86. The van der Waals surface area contributed by atoms with Crippen molar-refractivity contribution in [1.29, 1.82) is 0 Å². The molecule has 4 heteroatoms. The molecule has 2 rings (SSSR count). The van der Waals surface area contributed by atoms with Crippen LogP contribution in [0, 0.1) is 6.92 Å². The summed E-state index contributed by atoms with van der Waals surface area (Å²) >= 11 is 0. The Bertz CT molecular complexity index is 643. The summed E-state index contributed by atoms with van der Waals surface area (Å²) in [6.45, 7) is 3.49. The lowest BCUT2D eigenvalue weighted by molar-refractivity contribution is -0.140. The van der Waals surface area contributed by atoms with Gasteiger partial charge in [-0.25, -0.2) is 4.79 Å². The van der Waals surface area contributed by atoms with Crippen molar-refractivity contribution < 1.29 is 9.90 Å². The summed E-state index contributed by atoms with van der Waals surface area (Å²) in [6, 6.07) is 6.14. The van der Waals surface area contributed by atoms with Crippen LogP contribution in [0.3, 0.4) is 0 Å². The summed E-state index contributed by atoms with van der Waals surface area (Å²) in [6.07, 6.45) is 1.53. The summed E-state index contributed by atoms with van der Waals surface area (Å²) in [5.74, 6) is -0.921. The monoisotopic (exact) mass is 231 g/mol. The molecule has 0 fully saturated rings. The first-order valence-electron chi connectivity index (χ1n) is 5.35. The predicted octanol–water partition coefficient (Wildman–Crippen LogP) is 1.96. The van der Waals surface area contributed by atoms with E-state index in [-0.39, 0.29) is 5.43 Å². The number of pyridine rings is 1. The third-order valence-electron chi connectivity index (χ3n) is 2.86. The van der Waals surface area contributed by atoms with Gasteiger partial charge in [-0.1, -0.05) is 11.6 Å². The molecule has 0 aliphatic rings. The zero-order valence-corrected chi connectivity index (χ0v) is 9.68. The minimum absolute atomic E-state index is 0.0856. The molecule has 1 unspecified atom stereocenters. The van der Waals surface area contributed by atoms with Crippen molar-refractivity contribution in [3.8, 4) is 0 Å². The lowest BCUT2D eigenvalue weighted by atomic mass is 10.1. The van der Waals surface area contributed by atoms with Crippen LogP contribution in [-0.4, -0.2) is 15.6 Å². The van der Waals surface area contributed by atoms with Gasteiger partial charge in [0.05, 0.1) is 5.52 Å². The molecule has 1 N–H and O–H groups in total. The smallest absolute Gasteiger partial charge is 0.326 e. The lowest BCUT2D eigenvalue weighted by Gasteiger charge is -2.14. The fraction of sp³-hybridized carbons (Fsp3) is 0.231. The quantitative estimate of drug-likeness (QED) is 0.859. The Balaban J connectivity index is 2.79. The maximum absolute atomic E-state index is 11.7. The number of rotatable bonds is 2. The number of hydrogen-bond acceptors (Lipinski definition) is 2. The minimum atomic E-state index is -0.921. The topological polar surface area (TPSA) is 59.3 Å². The zero-order chi connectivity index (χ0) is 12.6. The van der Waals surface area contributed by atoms with Crippen LogP contribution >= 0.6 is 0 Å². The number of aryl methyl sites for hydroxylation is 1. The van der Waals surface area contributed by atoms with Crippen LogP contribution in [-0.2, 0) is 4.79 Å². The highest BCUT2D eigenvalue weighted by molar-refractivity contribution is 5.82. The van der Waals surface area contributed by atoms with Crippen molar-refractivity contribution in [1.82, 2.24) is 4.57 Å². The van der Waals surface area contributed by atoms with Gasteiger partial charge < -0.3 is 9.67 Å². The van der Waals surface area contributed by atoms with E-state index in [9.17, 15) is 9.59 Å². The van der Waals surface area contributed by atoms with Crippen molar-refractivity contribution in [3.05, 3.63) is 46.2 Å². The van der Waals surface area contributed by atoms with Crippen molar-refractivity contribution in [2.24, 2.45) is 0 Å². The van der Waals surface area contributed by atoms with Crippen LogP contribution < -0.4 is 5.43 Å². The predicted molar refractivity (Wildman–Crippen MR) is 65.3 cm³/mol. The molecule has 0 saturated carbocycles. The first-order chi connectivity index (χ1) is 8.00. The van der Waals surface area contributed by atoms with Crippen molar-refractivity contribution in [3.63, 3.8) is 0 Å². The van der Waals surface area contributed by atoms with Crippen LogP contribution in [0.15, 0.2) is 35.3 Å². The van der Waals surface area contributed by atoms with Crippen LogP contribution in [0.25, 0.3) is 10.9 Å². The molecule has 1 aromatic carbocycles. The maximum Gasteiger partial charge on any atom is 0.326 e. The van der Waals surface area contributed by atoms with Gasteiger partial charge in [0.1, 0.15) is 6.04 Å². The van der Waals surface area contributed by atoms with Gasteiger partial charge in [-0.05, 0) is 26.0 Å². The van der Waals surface area contributed by atoms with Crippen molar-refractivity contribution >= 4 is 16.9 Å². The fourth-order valence-electron chi connectivity index (χ4n) is 1.85. The first-order valence-corrected chi connectivity index (χ1v) is 5.35. The Morgan fingerprint density at radius 1 is 1.35 bits per heavy atom. The van der Waals surface area contributed by atoms with E-state index < -0.39 is 12.0 Å². The van der Waals surface area contributed by atoms with E-state index in [1.807, 2.05) is 13.0 Å². The van der Waals surface area contributed by atoms with Gasteiger partial charge in [-0.15, -0.1) is 0 Å². The molecule has 1 aromatic heterocycles. The molecule has 0 saturated heterocycles. The molecular weight excluding hydrogens is 218 g/mol. The van der Waals surface area contributed by atoms with Gasteiger partial charge in [0.25, 0.3) is 0 Å². The molecular formula is C13H13NO3. The highest BCUT2D eigenvalue weighted by Crippen LogP contribution is 2.16. The molecule has 0 bridgehead atoms. The summed E-state index contributed by atoms with van der Waals surface area (Å²) < 4.78 is 1.60. The van der Waals surface area contributed by atoms with E-state index in [1.54, 1.807) is 23.6 Å². The maximum atomic E-state index is 11.7. The third kappa shape index (κ3) is 1.93. The Hall–Kier alpha value is -2.10. The molecule has 17 heavy (non-hydrogen) atoms. The van der Waals surface area contributed by atoms with Crippen LogP contribution in [0.5, 0.6) is 0 Å². The van der Waals surface area contributed by atoms with Crippen molar-refractivity contribution in [2.75, 3.05) is 0 Å². The Morgan fingerprint density at radius 3 is 2.71 bits per heavy atom. The largest absolute Gasteiger partial charge is 0.480 e. The van der Waals surface area contributed by atoms with E-state index in [1.165, 1.54) is 12.3 Å². The molecule has 1 atom stereocenters. The number of hydrogen-bond donors (Lipinski definition) is 1. The SMILES string of the molecule is Cc1ccc2c(c1)c(=O)ccn2C(C)C(=O)O. The van der Waals surface area contributed by atoms with E-state index >= 15 is 0 Å². The molecule has 4 nitrogen and oxygen atoms in total. The molecule has 88 valence electrons. The van der Waals surface area contributed by atoms with Gasteiger partial charge in [-0.2, -0.15) is 0 Å². The van der Waals surface area contributed by atoms with Gasteiger partial charge in [0.2, 0.25) is 0 Å². The lowest BCUT2D eigenvalue weighted by Crippen LogP contribution is -2.18. The van der Waals surface area contributed by atoms with E-state index in [0.717, 1.165) is 5.56 Å². The Morgan fingerprint density at radius 2 is 2.06 bits per heavy atom. The summed E-state index contributed by atoms with van der Waals surface area (Å²) in [7, 11) is 0. The first kappa shape index (κ1) is 11.4. The number of carboxylic acids is 1. The minimum Gasteiger partial charge on any atom is -0.480 e. The van der Waals surface area contributed by atoms with Crippen LogP contribution in [0.4, 0.5) is 0 Å². The van der Waals surface area contributed by atoms with Crippen LogP contribution in [0.2, 0.25) is 0 Å². The number of aromatic nitrogens is 1. The summed E-state index contributed by atoms with van der Waals surface area (Å²) in [5.41, 5.74) is 1.55. The molecule has 2 aromatic rings. The number of benzene rings is 1. The Labute approximate surface area is 98.1 Å². The summed E-state index contributed by atoms with van der Waals surface area (Å²) in [4.78, 5) is 22.7. The van der Waals surface area contributed by atoms with Gasteiger partial charge in [-0.3, -0.25) is 4.79 Å². The fourth-order valence-corrected chi connectivity index (χ4v) is 1.85. The average molecular weight is 231 g/mol. The highest BCUT2D eigenvalue weighted by atomic mass is 16.4. The van der Waals surface area contributed by atoms with Gasteiger partial charge in [0, 0.05) is 17.6 Å². The van der Waals surface area contributed by atoms with E-state index in [0.29, 0.717) is 10.9 Å². The second kappa shape index (κ2) is 4.05. The number of carbonyl (C=O) groups is 1. The number of carboxylic acid groups (broad SMARTS) is 1. The number of aliphatic carboxylic acids is 1. The average Bonchev–Trinajstić information content (AvgIpc) is 2.29. The standard InChI is InChI=1S/C13H13NO3/c1-8-3-4-11-10(7-8)12(15)5-6-14(11)9(2)13(16)17/h3-7,9H,1-2H3,(H,16,17). The molecule has 0 radical (unpaired) electrons. The highest BCUT2D eigenvalue weighted by Gasteiger charge is 2.14. The molecule has 0 aliphatic carbocycles. The second-order valence-corrected chi connectivity index (χ2v) is 4.12. The second-order valence-electron chi connectivity index (χ2n) is 4.12. The molecule has 0 spiro atoms. The molecule has 0 aliphatic heterocycles. The van der Waals surface area contributed by atoms with Gasteiger partial charge >= 0.3 is 5.97 Å².